The molecule has 0 radical (unpaired) electrons. The van der Waals surface area contributed by atoms with Crippen LogP contribution in [0, 0.1) is 0 Å². The molecule has 9 heteroatoms. The van der Waals surface area contributed by atoms with Gasteiger partial charge in [0.05, 0.1) is 11.0 Å². The smallest absolute Gasteiger partial charge is 0.387 e. The predicted molar refractivity (Wildman–Crippen MR) is 102 cm³/mol. The van der Waals surface area contributed by atoms with Crippen LogP contribution < -0.4 is 10.1 Å². The number of fused-ring (bicyclic) bond motifs is 2. The first-order valence-corrected chi connectivity index (χ1v) is 8.72. The molecule has 0 aliphatic rings. The second kappa shape index (κ2) is 7.43. The van der Waals surface area contributed by atoms with Crippen LogP contribution in [0.2, 0.25) is 0 Å². The lowest BCUT2D eigenvalue weighted by atomic mass is 10.3. The number of likely N-dealkylation sites (N-methyl/N-ethyl adjacent to an activating group) is 1. The molecule has 1 N–H and O–H groups in total. The number of halogens is 2. The van der Waals surface area contributed by atoms with Gasteiger partial charge in [0.1, 0.15) is 11.3 Å². The molecular formula is C19H19F2N5O2. The number of aromatic nitrogens is 3. The highest BCUT2D eigenvalue weighted by atomic mass is 19.3. The number of nitrogens with one attached hydrogen (secondary N) is 1. The standard InChI is InChI=1S/C19H19F2N5O2/c1-25(2)9-10-26-15-6-4-3-5-13(15)22-18(26)24-19-23-14-8-7-12(27-17(20)21)11-16(14)28-19/h3-8,11,17H,9-10H2,1-2H3,(H,22,23,24). The third-order valence-corrected chi connectivity index (χ3v) is 4.23. The maximum absolute atomic E-state index is 12.4. The molecule has 0 unspecified atom stereocenters. The highest BCUT2D eigenvalue weighted by Crippen LogP contribution is 2.27. The Kier molecular flexibility index (Phi) is 4.82. The second-order valence-corrected chi connectivity index (χ2v) is 6.53. The van der Waals surface area contributed by atoms with E-state index in [-0.39, 0.29) is 11.8 Å². The van der Waals surface area contributed by atoms with Crippen molar-refractivity contribution < 1.29 is 17.9 Å². The first-order chi connectivity index (χ1) is 13.5. The summed E-state index contributed by atoms with van der Waals surface area (Å²) in [5.74, 6) is 0.613. The van der Waals surface area contributed by atoms with Gasteiger partial charge in [-0.15, -0.1) is 0 Å². The Balaban J connectivity index is 1.66. The molecule has 0 saturated heterocycles. The summed E-state index contributed by atoms with van der Waals surface area (Å²) < 4.78 is 36.9. The van der Waals surface area contributed by atoms with Gasteiger partial charge in [0.15, 0.2) is 5.58 Å². The summed E-state index contributed by atoms with van der Waals surface area (Å²) in [6, 6.07) is 12.4. The van der Waals surface area contributed by atoms with E-state index in [1.165, 1.54) is 12.1 Å². The molecule has 0 atom stereocenters. The van der Waals surface area contributed by atoms with Crippen LogP contribution in [-0.4, -0.2) is 46.7 Å². The van der Waals surface area contributed by atoms with Crippen molar-refractivity contribution in [2.24, 2.45) is 0 Å². The van der Waals surface area contributed by atoms with E-state index in [1.807, 2.05) is 38.4 Å². The fraction of sp³-hybridized carbons (Fsp3) is 0.263. The highest BCUT2D eigenvalue weighted by molar-refractivity contribution is 5.80. The quantitative estimate of drug-likeness (QED) is 0.515. The Bertz CT molecular complexity index is 1110. The number of benzene rings is 2. The third kappa shape index (κ3) is 3.74. The molecule has 0 spiro atoms. The van der Waals surface area contributed by atoms with Crippen LogP contribution >= 0.6 is 0 Å². The lowest BCUT2D eigenvalue weighted by Gasteiger charge is -2.13. The molecule has 146 valence electrons. The second-order valence-electron chi connectivity index (χ2n) is 6.53. The molecule has 4 aromatic rings. The number of imidazole rings is 1. The number of hydrogen-bond donors (Lipinski definition) is 1. The van der Waals surface area contributed by atoms with Crippen molar-refractivity contribution in [1.82, 2.24) is 19.4 Å². The molecule has 28 heavy (non-hydrogen) atoms. The summed E-state index contributed by atoms with van der Waals surface area (Å²) in [5, 5.41) is 3.10. The Morgan fingerprint density at radius 3 is 2.75 bits per heavy atom. The summed E-state index contributed by atoms with van der Waals surface area (Å²) in [7, 11) is 4.01. The molecular weight excluding hydrogens is 368 g/mol. The van der Waals surface area contributed by atoms with E-state index in [2.05, 4.69) is 29.5 Å². The number of oxazole rings is 1. The average molecular weight is 387 g/mol. The SMILES string of the molecule is CN(C)CCn1c(Nc2nc3ccc(OC(F)F)cc3o2)nc2ccccc21. The molecule has 0 aliphatic heterocycles. The van der Waals surface area contributed by atoms with E-state index in [1.54, 1.807) is 6.07 Å². The number of anilines is 2. The maximum atomic E-state index is 12.4. The zero-order valence-corrected chi connectivity index (χ0v) is 15.4. The average Bonchev–Trinajstić information content (AvgIpc) is 3.19. The molecule has 0 amide bonds. The number of hydrogen-bond acceptors (Lipinski definition) is 6. The van der Waals surface area contributed by atoms with Crippen molar-refractivity contribution in [3.8, 4) is 5.75 Å². The van der Waals surface area contributed by atoms with Crippen LogP contribution in [0.25, 0.3) is 22.1 Å². The summed E-state index contributed by atoms with van der Waals surface area (Å²) in [6.07, 6.45) is 0. The molecule has 2 aromatic carbocycles. The monoisotopic (exact) mass is 387 g/mol. The zero-order valence-electron chi connectivity index (χ0n) is 15.4. The number of para-hydroxylation sites is 2. The van der Waals surface area contributed by atoms with E-state index >= 15 is 0 Å². The van der Waals surface area contributed by atoms with Gasteiger partial charge in [-0.05, 0) is 38.4 Å². The summed E-state index contributed by atoms with van der Waals surface area (Å²) >= 11 is 0. The lowest BCUT2D eigenvalue weighted by molar-refractivity contribution is -0.0497. The Morgan fingerprint density at radius 2 is 1.96 bits per heavy atom. The lowest BCUT2D eigenvalue weighted by Crippen LogP contribution is -2.19. The zero-order chi connectivity index (χ0) is 19.7. The van der Waals surface area contributed by atoms with Crippen molar-refractivity contribution in [3.05, 3.63) is 42.5 Å². The minimum Gasteiger partial charge on any atom is -0.435 e. The summed E-state index contributed by atoms with van der Waals surface area (Å²) in [4.78, 5) is 11.1. The topological polar surface area (TPSA) is 68.4 Å². The molecule has 0 saturated carbocycles. The molecule has 0 fully saturated rings. The van der Waals surface area contributed by atoms with Crippen LogP contribution in [0.5, 0.6) is 5.75 Å². The van der Waals surface area contributed by atoms with Gasteiger partial charge in [-0.3, -0.25) is 5.32 Å². The van der Waals surface area contributed by atoms with Crippen molar-refractivity contribution in [3.63, 3.8) is 0 Å². The van der Waals surface area contributed by atoms with Gasteiger partial charge in [0, 0.05) is 19.2 Å². The molecule has 0 aliphatic carbocycles. The molecule has 4 rings (SSSR count). The number of rotatable bonds is 7. The van der Waals surface area contributed by atoms with Crippen molar-refractivity contribution in [1.29, 1.82) is 0 Å². The third-order valence-electron chi connectivity index (χ3n) is 4.23. The van der Waals surface area contributed by atoms with E-state index in [0.717, 1.165) is 24.1 Å². The van der Waals surface area contributed by atoms with Crippen molar-refractivity contribution in [2.75, 3.05) is 26.0 Å². The fourth-order valence-electron chi connectivity index (χ4n) is 2.93. The molecule has 7 nitrogen and oxygen atoms in total. The fourth-order valence-corrected chi connectivity index (χ4v) is 2.93. The van der Waals surface area contributed by atoms with Crippen LogP contribution in [0.1, 0.15) is 0 Å². The van der Waals surface area contributed by atoms with Gasteiger partial charge in [0.2, 0.25) is 5.95 Å². The van der Waals surface area contributed by atoms with Gasteiger partial charge in [-0.1, -0.05) is 12.1 Å². The molecule has 2 heterocycles. The number of nitrogens with zero attached hydrogens (tertiary/aromatic N) is 4. The maximum Gasteiger partial charge on any atom is 0.387 e. The van der Waals surface area contributed by atoms with Gasteiger partial charge < -0.3 is 18.6 Å². The van der Waals surface area contributed by atoms with Crippen LogP contribution in [0.3, 0.4) is 0 Å². The Labute approximate surface area is 159 Å². The minimum atomic E-state index is -2.89. The normalized spacial score (nSPS) is 11.8. The van der Waals surface area contributed by atoms with Crippen LogP contribution in [-0.2, 0) is 6.54 Å². The first-order valence-electron chi connectivity index (χ1n) is 8.72. The summed E-state index contributed by atoms with van der Waals surface area (Å²) in [6.45, 7) is -1.34. The largest absolute Gasteiger partial charge is 0.435 e. The van der Waals surface area contributed by atoms with E-state index in [0.29, 0.717) is 17.0 Å². The summed E-state index contributed by atoms with van der Waals surface area (Å²) in [5.41, 5.74) is 2.72. The Hall–Kier alpha value is -3.20. The van der Waals surface area contributed by atoms with Crippen LogP contribution in [0.4, 0.5) is 20.7 Å². The van der Waals surface area contributed by atoms with Gasteiger partial charge in [-0.2, -0.15) is 13.8 Å². The van der Waals surface area contributed by atoms with Gasteiger partial charge in [-0.25, -0.2) is 4.98 Å². The van der Waals surface area contributed by atoms with Crippen molar-refractivity contribution in [2.45, 2.75) is 13.2 Å². The van der Waals surface area contributed by atoms with Crippen LogP contribution in [0.15, 0.2) is 46.9 Å². The molecule has 2 aromatic heterocycles. The number of alkyl halides is 2. The van der Waals surface area contributed by atoms with E-state index in [4.69, 9.17) is 4.42 Å². The van der Waals surface area contributed by atoms with Crippen molar-refractivity contribution >= 4 is 34.1 Å². The minimum absolute atomic E-state index is 0.0171. The van der Waals surface area contributed by atoms with Gasteiger partial charge in [0.25, 0.3) is 0 Å². The predicted octanol–water partition coefficient (Wildman–Crippen LogP) is 4.08. The van der Waals surface area contributed by atoms with Gasteiger partial charge >= 0.3 is 12.6 Å². The molecule has 0 bridgehead atoms. The highest BCUT2D eigenvalue weighted by Gasteiger charge is 2.15. The van der Waals surface area contributed by atoms with E-state index in [9.17, 15) is 8.78 Å². The Morgan fingerprint density at radius 1 is 1.14 bits per heavy atom. The van der Waals surface area contributed by atoms with E-state index < -0.39 is 6.61 Å². The number of ether oxygens (including phenoxy) is 1. The first kappa shape index (κ1) is 18.2.